The van der Waals surface area contributed by atoms with Crippen LogP contribution >= 0.6 is 15.9 Å². The number of hydrogen-bond acceptors (Lipinski definition) is 4. The van der Waals surface area contributed by atoms with Gasteiger partial charge in [0, 0.05) is 5.39 Å². The molecule has 19 heavy (non-hydrogen) atoms. The van der Waals surface area contributed by atoms with E-state index >= 15 is 0 Å². The highest BCUT2D eigenvalue weighted by Crippen LogP contribution is 2.16. The first-order chi connectivity index (χ1) is 9.24. The molecule has 0 aliphatic rings. The van der Waals surface area contributed by atoms with Crippen molar-refractivity contribution in [3.63, 3.8) is 0 Å². The fraction of sp³-hybridized carbons (Fsp3) is 0. The van der Waals surface area contributed by atoms with Crippen molar-refractivity contribution in [2.45, 2.75) is 0 Å². The third kappa shape index (κ3) is 2.32. The van der Waals surface area contributed by atoms with E-state index in [1.54, 1.807) is 0 Å². The smallest absolute Gasteiger partial charge is 0.277 e. The van der Waals surface area contributed by atoms with Crippen LogP contribution in [0.4, 0.5) is 5.82 Å². The molecule has 3 rings (SSSR count). The summed E-state index contributed by atoms with van der Waals surface area (Å²) in [5.74, 6) is 0.0503. The molecule has 0 spiro atoms. The summed E-state index contributed by atoms with van der Waals surface area (Å²) >= 11 is 3.18. The second-order valence-corrected chi connectivity index (χ2v) is 4.61. The van der Waals surface area contributed by atoms with Gasteiger partial charge in [-0.1, -0.05) is 18.2 Å². The van der Waals surface area contributed by atoms with Crippen LogP contribution in [0.25, 0.3) is 10.9 Å². The van der Waals surface area contributed by atoms with E-state index in [1.165, 1.54) is 12.4 Å². The predicted octanol–water partition coefficient (Wildman–Crippen LogP) is 2.37. The molecule has 2 heterocycles. The summed E-state index contributed by atoms with van der Waals surface area (Å²) in [5.41, 5.74) is 1.15. The first kappa shape index (κ1) is 11.8. The van der Waals surface area contributed by atoms with Gasteiger partial charge in [0.05, 0.1) is 17.9 Å². The van der Waals surface area contributed by atoms with E-state index in [9.17, 15) is 4.79 Å². The molecule has 0 unspecified atom stereocenters. The molecule has 0 radical (unpaired) electrons. The summed E-state index contributed by atoms with van der Waals surface area (Å²) in [6.07, 6.45) is 2.98. The van der Waals surface area contributed by atoms with Gasteiger partial charge in [0.1, 0.15) is 4.60 Å². The number of aromatic nitrogens is 4. The first-order valence-electron chi connectivity index (χ1n) is 5.46. The molecule has 1 aromatic carbocycles. The number of nitrogens with one attached hydrogen (secondary N) is 2. The summed E-state index contributed by atoms with van der Waals surface area (Å²) in [6.45, 7) is 0. The van der Waals surface area contributed by atoms with Crippen LogP contribution in [0, 0.1) is 0 Å². The fourth-order valence-corrected chi connectivity index (χ4v) is 1.89. The van der Waals surface area contributed by atoms with Crippen molar-refractivity contribution in [1.82, 2.24) is 20.2 Å². The molecular weight excluding hydrogens is 310 g/mol. The van der Waals surface area contributed by atoms with Crippen molar-refractivity contribution in [1.29, 1.82) is 0 Å². The molecule has 0 atom stereocenters. The van der Waals surface area contributed by atoms with E-state index < -0.39 is 0 Å². The van der Waals surface area contributed by atoms with Crippen molar-refractivity contribution in [2.24, 2.45) is 0 Å². The number of rotatable bonds is 2. The number of fused-ring (bicyclic) bond motifs is 1. The van der Waals surface area contributed by atoms with Gasteiger partial charge < -0.3 is 5.32 Å². The molecule has 1 amide bonds. The van der Waals surface area contributed by atoms with Gasteiger partial charge in [-0.2, -0.15) is 5.10 Å². The van der Waals surface area contributed by atoms with E-state index in [4.69, 9.17) is 0 Å². The number of carbonyl (C=O) groups excluding carboxylic acids is 1. The zero-order chi connectivity index (χ0) is 13.2. The van der Waals surface area contributed by atoms with Crippen molar-refractivity contribution in [2.75, 3.05) is 5.32 Å². The molecule has 3 aromatic rings. The highest BCUT2D eigenvalue weighted by atomic mass is 79.9. The molecule has 94 valence electrons. The zero-order valence-corrected chi connectivity index (χ0v) is 11.2. The van der Waals surface area contributed by atoms with Crippen LogP contribution in [0.1, 0.15) is 10.5 Å². The topological polar surface area (TPSA) is 83.6 Å². The van der Waals surface area contributed by atoms with Crippen molar-refractivity contribution in [3.8, 4) is 0 Å². The lowest BCUT2D eigenvalue weighted by Gasteiger charge is -2.01. The van der Waals surface area contributed by atoms with Crippen LogP contribution in [-0.2, 0) is 0 Å². The number of carbonyl (C=O) groups is 1. The molecule has 2 N–H and O–H groups in total. The normalized spacial score (nSPS) is 10.6. The third-order valence-corrected chi connectivity index (χ3v) is 2.96. The molecule has 0 saturated carbocycles. The Morgan fingerprint density at radius 3 is 2.84 bits per heavy atom. The van der Waals surface area contributed by atoms with Gasteiger partial charge in [-0.15, -0.1) is 0 Å². The Balaban J connectivity index is 1.90. The number of aromatic amines is 1. The molecule has 2 aromatic heterocycles. The number of amides is 1. The van der Waals surface area contributed by atoms with Gasteiger partial charge in [0.25, 0.3) is 5.91 Å². The minimum atomic E-state index is -0.325. The van der Waals surface area contributed by atoms with Crippen LogP contribution < -0.4 is 5.32 Å². The number of para-hydroxylation sites is 1. The molecule has 0 aliphatic heterocycles. The van der Waals surface area contributed by atoms with Crippen LogP contribution in [0.15, 0.2) is 41.3 Å². The monoisotopic (exact) mass is 317 g/mol. The van der Waals surface area contributed by atoms with Gasteiger partial charge in [0.2, 0.25) is 0 Å². The van der Waals surface area contributed by atoms with E-state index in [2.05, 4.69) is 41.4 Å². The van der Waals surface area contributed by atoms with Gasteiger partial charge >= 0.3 is 0 Å². The lowest BCUT2D eigenvalue weighted by molar-refractivity contribution is 0.102. The molecule has 6 nitrogen and oxygen atoms in total. The summed E-state index contributed by atoms with van der Waals surface area (Å²) in [4.78, 5) is 20.1. The highest BCUT2D eigenvalue weighted by Gasteiger charge is 2.14. The minimum absolute atomic E-state index is 0.325. The standard InChI is InChI=1S/C12H8BrN5O/c13-9-5-15-10(6-14-9)16-12(19)11-7-3-1-2-4-8(7)17-18-11/h1-6H,(H,17,18)(H,15,16,19). The van der Waals surface area contributed by atoms with Gasteiger partial charge in [-0.3, -0.25) is 9.89 Å². The van der Waals surface area contributed by atoms with Crippen LogP contribution in [0.3, 0.4) is 0 Å². The maximum atomic E-state index is 12.1. The van der Waals surface area contributed by atoms with E-state index in [0.29, 0.717) is 16.1 Å². The van der Waals surface area contributed by atoms with E-state index in [0.717, 1.165) is 10.9 Å². The second-order valence-electron chi connectivity index (χ2n) is 3.80. The van der Waals surface area contributed by atoms with E-state index in [1.807, 2.05) is 24.3 Å². The summed E-state index contributed by atoms with van der Waals surface area (Å²) in [6, 6.07) is 7.43. The largest absolute Gasteiger partial charge is 0.304 e. The maximum Gasteiger partial charge on any atom is 0.277 e. The zero-order valence-electron chi connectivity index (χ0n) is 9.59. The molecule has 0 fully saturated rings. The highest BCUT2D eigenvalue weighted by molar-refractivity contribution is 9.10. The Morgan fingerprint density at radius 1 is 1.21 bits per heavy atom. The Kier molecular flexibility index (Phi) is 2.96. The van der Waals surface area contributed by atoms with Gasteiger partial charge in [-0.05, 0) is 22.0 Å². The third-order valence-electron chi connectivity index (χ3n) is 2.55. The molecule has 0 bridgehead atoms. The van der Waals surface area contributed by atoms with Crippen LogP contribution in [0.5, 0.6) is 0 Å². The Labute approximate surface area is 116 Å². The van der Waals surface area contributed by atoms with Crippen molar-refractivity contribution < 1.29 is 4.79 Å². The van der Waals surface area contributed by atoms with Crippen molar-refractivity contribution >= 4 is 38.6 Å². The predicted molar refractivity (Wildman–Crippen MR) is 73.8 cm³/mol. The van der Waals surface area contributed by atoms with Crippen LogP contribution in [0.2, 0.25) is 0 Å². The summed E-state index contributed by atoms with van der Waals surface area (Å²) < 4.78 is 0.607. The molecule has 7 heteroatoms. The minimum Gasteiger partial charge on any atom is -0.304 e. The number of benzene rings is 1. The van der Waals surface area contributed by atoms with Gasteiger partial charge in [-0.25, -0.2) is 9.97 Å². The average molecular weight is 318 g/mol. The second kappa shape index (κ2) is 4.77. The summed E-state index contributed by atoms with van der Waals surface area (Å²) in [7, 11) is 0. The number of nitrogens with zero attached hydrogens (tertiary/aromatic N) is 3. The molecular formula is C12H8BrN5O. The summed E-state index contributed by atoms with van der Waals surface area (Å²) in [5, 5.41) is 10.2. The van der Waals surface area contributed by atoms with Crippen LogP contribution in [-0.4, -0.2) is 26.1 Å². The average Bonchev–Trinajstić information content (AvgIpc) is 2.85. The quantitative estimate of drug-likeness (QED) is 0.760. The number of hydrogen-bond donors (Lipinski definition) is 2. The Hall–Kier alpha value is -2.28. The van der Waals surface area contributed by atoms with Crippen molar-refractivity contribution in [3.05, 3.63) is 47.0 Å². The number of halogens is 1. The van der Waals surface area contributed by atoms with Gasteiger partial charge in [0.15, 0.2) is 11.5 Å². The maximum absolute atomic E-state index is 12.1. The number of H-pyrrole nitrogens is 1. The fourth-order valence-electron chi connectivity index (χ4n) is 1.69. The SMILES string of the molecule is O=C(Nc1cnc(Br)cn1)c1n[nH]c2ccccc12. The number of anilines is 1. The Morgan fingerprint density at radius 2 is 2.05 bits per heavy atom. The Bertz CT molecular complexity index is 737. The molecule has 0 aliphatic carbocycles. The lowest BCUT2D eigenvalue weighted by Crippen LogP contribution is -2.14. The lowest BCUT2D eigenvalue weighted by atomic mass is 10.2. The molecule has 0 saturated heterocycles. The first-order valence-corrected chi connectivity index (χ1v) is 6.25. The van der Waals surface area contributed by atoms with E-state index in [-0.39, 0.29) is 5.91 Å².